The van der Waals surface area contributed by atoms with E-state index in [1.165, 1.54) is 6.07 Å². The molecule has 0 saturated carbocycles. The second kappa shape index (κ2) is 5.87. The van der Waals surface area contributed by atoms with E-state index in [1.807, 2.05) is 0 Å². The molecule has 2 aromatic rings. The van der Waals surface area contributed by atoms with Gasteiger partial charge < -0.3 is 9.47 Å². The zero-order chi connectivity index (χ0) is 13.0. The van der Waals surface area contributed by atoms with Crippen molar-refractivity contribution in [3.8, 4) is 11.5 Å². The van der Waals surface area contributed by atoms with Gasteiger partial charge in [-0.2, -0.15) is 0 Å². The van der Waals surface area contributed by atoms with Crippen LogP contribution >= 0.6 is 15.9 Å². The second-order valence-electron chi connectivity index (χ2n) is 3.59. The molecule has 0 bridgehead atoms. The minimum Gasteiger partial charge on any atom is -0.492 e. The van der Waals surface area contributed by atoms with Crippen LogP contribution in [0.5, 0.6) is 11.5 Å². The van der Waals surface area contributed by atoms with E-state index in [0.717, 1.165) is 0 Å². The first-order valence-electron chi connectivity index (χ1n) is 5.32. The molecule has 1 radical (unpaired) electrons. The largest absolute Gasteiger partial charge is 0.492 e. The zero-order valence-electron chi connectivity index (χ0n) is 9.74. The van der Waals surface area contributed by atoms with Crippen molar-refractivity contribution in [2.75, 3.05) is 7.11 Å². The van der Waals surface area contributed by atoms with Gasteiger partial charge in [-0.25, -0.2) is 4.39 Å². The first kappa shape index (κ1) is 12.9. The van der Waals surface area contributed by atoms with Crippen molar-refractivity contribution in [3.63, 3.8) is 0 Å². The molecule has 4 heteroatoms. The van der Waals surface area contributed by atoms with Gasteiger partial charge in [0.15, 0.2) is 11.5 Å². The molecule has 0 fully saturated rings. The lowest BCUT2D eigenvalue weighted by Gasteiger charge is -2.10. The maximum Gasteiger partial charge on any atom is 0.168 e. The van der Waals surface area contributed by atoms with Crippen molar-refractivity contribution >= 4 is 15.9 Å². The molecule has 0 unspecified atom stereocenters. The van der Waals surface area contributed by atoms with Gasteiger partial charge >= 0.3 is 0 Å². The SMILES string of the molecule is COc1[c]cccc1OCc1ccc(Br)cc1F. The van der Waals surface area contributed by atoms with Gasteiger partial charge in [0.2, 0.25) is 0 Å². The number of hydrogen-bond acceptors (Lipinski definition) is 2. The minimum atomic E-state index is -0.303. The predicted molar refractivity (Wildman–Crippen MR) is 70.3 cm³/mol. The van der Waals surface area contributed by atoms with Gasteiger partial charge in [0.05, 0.1) is 7.11 Å². The van der Waals surface area contributed by atoms with Gasteiger partial charge in [0, 0.05) is 16.1 Å². The molecule has 93 valence electrons. The van der Waals surface area contributed by atoms with Crippen LogP contribution in [0.3, 0.4) is 0 Å². The predicted octanol–water partition coefficient (Wildman–Crippen LogP) is 3.98. The molecule has 0 N–H and O–H groups in total. The number of ether oxygens (including phenoxy) is 2. The molecular weight excluding hydrogens is 299 g/mol. The van der Waals surface area contributed by atoms with Crippen LogP contribution in [0, 0.1) is 11.9 Å². The van der Waals surface area contributed by atoms with Crippen LogP contribution in [0.4, 0.5) is 4.39 Å². The summed E-state index contributed by atoms with van der Waals surface area (Å²) in [5.41, 5.74) is 0.490. The lowest BCUT2D eigenvalue weighted by atomic mass is 10.2. The average Bonchev–Trinajstić information content (AvgIpc) is 2.38. The molecule has 0 aromatic heterocycles. The fraction of sp³-hybridized carbons (Fsp3) is 0.143. The third-order valence-electron chi connectivity index (χ3n) is 2.38. The third kappa shape index (κ3) is 3.01. The summed E-state index contributed by atoms with van der Waals surface area (Å²) < 4.78 is 24.9. The molecule has 0 aliphatic heterocycles. The summed E-state index contributed by atoms with van der Waals surface area (Å²) in [6.45, 7) is 0.146. The molecule has 0 aliphatic carbocycles. The van der Waals surface area contributed by atoms with Crippen LogP contribution in [0.25, 0.3) is 0 Å². The van der Waals surface area contributed by atoms with Crippen molar-refractivity contribution in [3.05, 3.63) is 58.3 Å². The van der Waals surface area contributed by atoms with Gasteiger partial charge in [-0.05, 0) is 18.2 Å². The van der Waals surface area contributed by atoms with Crippen LogP contribution in [0.1, 0.15) is 5.56 Å². The van der Waals surface area contributed by atoms with E-state index in [1.54, 1.807) is 37.4 Å². The molecule has 0 spiro atoms. The lowest BCUT2D eigenvalue weighted by Crippen LogP contribution is -2.00. The zero-order valence-corrected chi connectivity index (χ0v) is 11.3. The van der Waals surface area contributed by atoms with Gasteiger partial charge in [0.25, 0.3) is 0 Å². The summed E-state index contributed by atoms with van der Waals surface area (Å²) in [7, 11) is 1.54. The summed E-state index contributed by atoms with van der Waals surface area (Å²) in [6, 6.07) is 13.0. The fourth-order valence-electron chi connectivity index (χ4n) is 1.47. The lowest BCUT2D eigenvalue weighted by molar-refractivity contribution is 0.279. The van der Waals surface area contributed by atoms with Crippen molar-refractivity contribution in [1.82, 2.24) is 0 Å². The van der Waals surface area contributed by atoms with E-state index >= 15 is 0 Å². The van der Waals surface area contributed by atoms with E-state index in [0.29, 0.717) is 21.5 Å². The Morgan fingerprint density at radius 2 is 2.17 bits per heavy atom. The molecule has 0 heterocycles. The van der Waals surface area contributed by atoms with E-state index in [9.17, 15) is 4.39 Å². The number of hydrogen-bond donors (Lipinski definition) is 0. The van der Waals surface area contributed by atoms with E-state index in [2.05, 4.69) is 22.0 Å². The molecule has 18 heavy (non-hydrogen) atoms. The standard InChI is InChI=1S/C14H11BrFO2/c1-17-13-4-2-3-5-14(13)18-9-10-6-7-11(15)8-12(10)16/h2-3,5-8H,9H2,1H3. The summed E-state index contributed by atoms with van der Waals surface area (Å²) in [4.78, 5) is 0. The Kier molecular flexibility index (Phi) is 4.20. The number of methoxy groups -OCH3 is 1. The normalized spacial score (nSPS) is 10.2. The Hall–Kier alpha value is -1.55. The highest BCUT2D eigenvalue weighted by atomic mass is 79.9. The van der Waals surface area contributed by atoms with Crippen LogP contribution in [-0.2, 0) is 6.61 Å². The third-order valence-corrected chi connectivity index (χ3v) is 2.88. The van der Waals surface area contributed by atoms with Gasteiger partial charge in [-0.15, -0.1) is 0 Å². The van der Waals surface area contributed by atoms with E-state index in [-0.39, 0.29) is 12.4 Å². The Labute approximate surface area is 113 Å². The molecule has 0 saturated heterocycles. The molecule has 2 rings (SSSR count). The topological polar surface area (TPSA) is 18.5 Å². The van der Waals surface area contributed by atoms with Gasteiger partial charge in [-0.3, -0.25) is 0 Å². The van der Waals surface area contributed by atoms with Crippen molar-refractivity contribution < 1.29 is 13.9 Å². The Bertz CT molecular complexity index is 543. The van der Waals surface area contributed by atoms with E-state index in [4.69, 9.17) is 9.47 Å². The Morgan fingerprint density at radius 1 is 1.33 bits per heavy atom. The molecule has 2 aromatic carbocycles. The summed E-state index contributed by atoms with van der Waals surface area (Å²) in [5, 5.41) is 0. The van der Waals surface area contributed by atoms with Crippen LogP contribution in [0.2, 0.25) is 0 Å². The van der Waals surface area contributed by atoms with E-state index < -0.39 is 0 Å². The molecule has 2 nitrogen and oxygen atoms in total. The first-order chi connectivity index (χ1) is 8.70. The number of benzene rings is 2. The van der Waals surface area contributed by atoms with Crippen LogP contribution in [-0.4, -0.2) is 7.11 Å². The molecule has 0 aliphatic rings. The van der Waals surface area contributed by atoms with Crippen molar-refractivity contribution in [1.29, 1.82) is 0 Å². The number of rotatable bonds is 4. The Balaban J connectivity index is 2.11. The highest BCUT2D eigenvalue weighted by Gasteiger charge is 2.06. The maximum atomic E-state index is 13.6. The number of halogens is 2. The molecule has 0 amide bonds. The van der Waals surface area contributed by atoms with Gasteiger partial charge in [-0.1, -0.05) is 34.1 Å². The summed E-state index contributed by atoms with van der Waals surface area (Å²) in [5.74, 6) is 0.751. The fourth-order valence-corrected chi connectivity index (χ4v) is 1.81. The summed E-state index contributed by atoms with van der Waals surface area (Å²) in [6.07, 6.45) is 0. The Morgan fingerprint density at radius 3 is 2.89 bits per heavy atom. The van der Waals surface area contributed by atoms with Crippen LogP contribution in [0.15, 0.2) is 40.9 Å². The highest BCUT2D eigenvalue weighted by Crippen LogP contribution is 2.26. The molecular formula is C14H11BrFO2. The van der Waals surface area contributed by atoms with Crippen molar-refractivity contribution in [2.24, 2.45) is 0 Å². The highest BCUT2D eigenvalue weighted by molar-refractivity contribution is 9.10. The van der Waals surface area contributed by atoms with Gasteiger partial charge in [0.1, 0.15) is 12.4 Å². The maximum absolute atomic E-state index is 13.6. The second-order valence-corrected chi connectivity index (χ2v) is 4.51. The average molecular weight is 310 g/mol. The minimum absolute atomic E-state index is 0.146. The first-order valence-corrected chi connectivity index (χ1v) is 6.11. The summed E-state index contributed by atoms with van der Waals surface area (Å²) >= 11 is 3.21. The smallest absolute Gasteiger partial charge is 0.168 e. The quantitative estimate of drug-likeness (QED) is 0.850. The van der Waals surface area contributed by atoms with Crippen molar-refractivity contribution in [2.45, 2.75) is 6.61 Å². The monoisotopic (exact) mass is 309 g/mol. The van der Waals surface area contributed by atoms with Crippen LogP contribution < -0.4 is 9.47 Å². The number of para-hydroxylation sites is 1. The molecule has 0 atom stereocenters.